The Morgan fingerprint density at radius 3 is 2.40 bits per heavy atom. The first-order chi connectivity index (χ1) is 9.47. The number of ether oxygens (including phenoxy) is 1. The number of nitrogens with zero attached hydrogens (tertiary/aromatic N) is 3. The maximum Gasteiger partial charge on any atom is 0.241 e. The van der Waals surface area contributed by atoms with Gasteiger partial charge in [0.05, 0.1) is 17.3 Å². The van der Waals surface area contributed by atoms with E-state index in [-0.39, 0.29) is 0 Å². The van der Waals surface area contributed by atoms with Gasteiger partial charge in [-0.25, -0.2) is 4.68 Å². The van der Waals surface area contributed by atoms with E-state index in [0.717, 1.165) is 29.0 Å². The zero-order chi connectivity index (χ0) is 14.9. The third kappa shape index (κ3) is 2.32. The molecule has 104 valence electrons. The molecule has 1 aromatic heterocycles. The molecule has 5 nitrogen and oxygen atoms in total. The van der Waals surface area contributed by atoms with Gasteiger partial charge in [-0.3, -0.25) is 0 Å². The highest BCUT2D eigenvalue weighted by Gasteiger charge is 2.16. The fraction of sp³-hybridized carbons (Fsp3) is 0.333. The molecule has 2 aromatic rings. The van der Waals surface area contributed by atoms with E-state index in [1.54, 1.807) is 23.9 Å². The molecule has 0 aliphatic carbocycles. The normalized spacial score (nSPS) is 10.3. The lowest BCUT2D eigenvalue weighted by Crippen LogP contribution is -2.00. The van der Waals surface area contributed by atoms with Gasteiger partial charge in [-0.05, 0) is 43.5 Å². The first-order valence-corrected chi connectivity index (χ1v) is 6.48. The Bertz CT molecular complexity index is 672. The summed E-state index contributed by atoms with van der Waals surface area (Å²) in [5.74, 6) is 1.26. The number of aromatic nitrogens is 2. The number of anilines is 1. The molecule has 0 saturated heterocycles. The van der Waals surface area contributed by atoms with Gasteiger partial charge in [-0.1, -0.05) is 6.92 Å². The van der Waals surface area contributed by atoms with Gasteiger partial charge in [0.1, 0.15) is 11.4 Å². The SMILES string of the molecule is CCc1nn(C)c(Oc2c(C)cc(C#N)cc2C)c1N. The summed E-state index contributed by atoms with van der Waals surface area (Å²) in [6.45, 7) is 5.83. The van der Waals surface area contributed by atoms with Crippen LogP contribution in [0.2, 0.25) is 0 Å². The highest BCUT2D eigenvalue weighted by atomic mass is 16.5. The van der Waals surface area contributed by atoms with Gasteiger partial charge in [0.25, 0.3) is 0 Å². The Hall–Kier alpha value is -2.48. The molecule has 0 aliphatic heterocycles. The molecule has 0 fully saturated rings. The predicted octanol–water partition coefficient (Wildman–Crippen LogP) is 2.85. The molecule has 5 heteroatoms. The number of nitrogens with two attached hydrogens (primary N) is 1. The minimum absolute atomic E-state index is 0.540. The van der Waals surface area contributed by atoms with E-state index < -0.39 is 0 Å². The van der Waals surface area contributed by atoms with E-state index in [2.05, 4.69) is 11.2 Å². The van der Waals surface area contributed by atoms with Crippen LogP contribution in [0.15, 0.2) is 12.1 Å². The van der Waals surface area contributed by atoms with E-state index in [1.807, 2.05) is 20.8 Å². The average molecular weight is 270 g/mol. The second-order valence-electron chi connectivity index (χ2n) is 4.80. The van der Waals surface area contributed by atoms with Crippen LogP contribution in [0.1, 0.15) is 29.3 Å². The fourth-order valence-corrected chi connectivity index (χ4v) is 2.23. The zero-order valence-corrected chi connectivity index (χ0v) is 12.2. The van der Waals surface area contributed by atoms with Crippen molar-refractivity contribution in [3.05, 3.63) is 34.5 Å². The van der Waals surface area contributed by atoms with Crippen LogP contribution in [0, 0.1) is 25.2 Å². The second-order valence-corrected chi connectivity index (χ2v) is 4.80. The summed E-state index contributed by atoms with van der Waals surface area (Å²) in [7, 11) is 1.80. The molecule has 1 aromatic carbocycles. The summed E-state index contributed by atoms with van der Waals surface area (Å²) in [6, 6.07) is 5.74. The molecule has 0 spiro atoms. The molecule has 0 atom stereocenters. The maximum atomic E-state index is 8.97. The average Bonchev–Trinajstić information content (AvgIpc) is 2.69. The summed E-state index contributed by atoms with van der Waals surface area (Å²) < 4.78 is 7.59. The molecular weight excluding hydrogens is 252 g/mol. The Morgan fingerprint density at radius 1 is 1.35 bits per heavy atom. The molecule has 2 rings (SSSR count). The van der Waals surface area contributed by atoms with Crippen molar-refractivity contribution >= 4 is 5.69 Å². The zero-order valence-electron chi connectivity index (χ0n) is 12.2. The standard InChI is InChI=1S/C15H18N4O/c1-5-12-13(17)15(19(4)18-12)20-14-9(2)6-11(8-16)7-10(14)3/h6-7H,5,17H2,1-4H3. The Morgan fingerprint density at radius 2 is 1.95 bits per heavy atom. The molecule has 1 heterocycles. The molecule has 0 radical (unpaired) electrons. The molecule has 2 N–H and O–H groups in total. The van der Waals surface area contributed by atoms with Crippen molar-refractivity contribution in [1.82, 2.24) is 9.78 Å². The second kappa shape index (κ2) is 5.25. The lowest BCUT2D eigenvalue weighted by Gasteiger charge is -2.12. The minimum atomic E-state index is 0.540. The number of benzene rings is 1. The summed E-state index contributed by atoms with van der Waals surface area (Å²) in [5.41, 5.74) is 9.88. The van der Waals surface area contributed by atoms with Crippen molar-refractivity contribution < 1.29 is 4.74 Å². The number of nitrogen functional groups attached to an aromatic ring is 1. The fourth-order valence-electron chi connectivity index (χ4n) is 2.23. The topological polar surface area (TPSA) is 76.9 Å². The lowest BCUT2D eigenvalue weighted by molar-refractivity contribution is 0.427. The van der Waals surface area contributed by atoms with E-state index in [0.29, 0.717) is 17.1 Å². The summed E-state index contributed by atoms with van der Waals surface area (Å²) >= 11 is 0. The van der Waals surface area contributed by atoms with Gasteiger partial charge in [-0.2, -0.15) is 10.4 Å². The van der Waals surface area contributed by atoms with Crippen LogP contribution in [0.4, 0.5) is 5.69 Å². The largest absolute Gasteiger partial charge is 0.437 e. The number of rotatable bonds is 3. The van der Waals surface area contributed by atoms with Gasteiger partial charge in [-0.15, -0.1) is 0 Å². The monoisotopic (exact) mass is 270 g/mol. The Labute approximate surface area is 118 Å². The lowest BCUT2D eigenvalue weighted by atomic mass is 10.1. The van der Waals surface area contributed by atoms with Crippen LogP contribution in [0.25, 0.3) is 0 Å². The molecule has 0 bridgehead atoms. The van der Waals surface area contributed by atoms with Crippen LogP contribution < -0.4 is 10.5 Å². The van der Waals surface area contributed by atoms with Gasteiger partial charge in [0.2, 0.25) is 5.88 Å². The first-order valence-electron chi connectivity index (χ1n) is 6.48. The molecule has 0 amide bonds. The van der Waals surface area contributed by atoms with Gasteiger partial charge in [0.15, 0.2) is 0 Å². The van der Waals surface area contributed by atoms with E-state index >= 15 is 0 Å². The summed E-state index contributed by atoms with van der Waals surface area (Å²) in [4.78, 5) is 0. The van der Waals surface area contributed by atoms with Crippen molar-refractivity contribution in [2.24, 2.45) is 7.05 Å². The summed E-state index contributed by atoms with van der Waals surface area (Å²) in [6.07, 6.45) is 0.758. The third-order valence-electron chi connectivity index (χ3n) is 3.23. The molecule has 0 unspecified atom stereocenters. The van der Waals surface area contributed by atoms with Crippen LogP contribution in [-0.2, 0) is 13.5 Å². The Kier molecular flexibility index (Phi) is 3.66. The smallest absolute Gasteiger partial charge is 0.241 e. The van der Waals surface area contributed by atoms with E-state index in [9.17, 15) is 0 Å². The van der Waals surface area contributed by atoms with Gasteiger partial charge in [0, 0.05) is 7.05 Å². The van der Waals surface area contributed by atoms with Crippen molar-refractivity contribution in [3.63, 3.8) is 0 Å². The van der Waals surface area contributed by atoms with Crippen LogP contribution in [0.5, 0.6) is 11.6 Å². The summed E-state index contributed by atoms with van der Waals surface area (Å²) in [5, 5.41) is 13.3. The number of nitriles is 1. The third-order valence-corrected chi connectivity index (χ3v) is 3.23. The first kappa shape index (κ1) is 13.9. The molecule has 20 heavy (non-hydrogen) atoms. The highest BCUT2D eigenvalue weighted by Crippen LogP contribution is 2.34. The number of hydrogen-bond donors (Lipinski definition) is 1. The van der Waals surface area contributed by atoms with E-state index in [4.69, 9.17) is 15.7 Å². The molecule has 0 aliphatic rings. The highest BCUT2D eigenvalue weighted by molar-refractivity contribution is 5.56. The van der Waals surface area contributed by atoms with E-state index in [1.165, 1.54) is 0 Å². The van der Waals surface area contributed by atoms with Gasteiger partial charge >= 0.3 is 0 Å². The van der Waals surface area contributed by atoms with Crippen molar-refractivity contribution in [2.75, 3.05) is 5.73 Å². The van der Waals surface area contributed by atoms with Crippen molar-refractivity contribution in [2.45, 2.75) is 27.2 Å². The number of aryl methyl sites for hydroxylation is 4. The Balaban J connectivity index is 2.46. The van der Waals surface area contributed by atoms with Crippen molar-refractivity contribution in [3.8, 4) is 17.7 Å². The molecular formula is C15H18N4O. The molecule has 0 saturated carbocycles. The van der Waals surface area contributed by atoms with Crippen LogP contribution in [0.3, 0.4) is 0 Å². The minimum Gasteiger partial charge on any atom is -0.437 e. The van der Waals surface area contributed by atoms with Crippen molar-refractivity contribution in [1.29, 1.82) is 5.26 Å². The maximum absolute atomic E-state index is 8.97. The van der Waals surface area contributed by atoms with Crippen LogP contribution in [-0.4, -0.2) is 9.78 Å². The quantitative estimate of drug-likeness (QED) is 0.930. The number of hydrogen-bond acceptors (Lipinski definition) is 4. The van der Waals surface area contributed by atoms with Crippen LogP contribution >= 0.6 is 0 Å². The predicted molar refractivity (Wildman–Crippen MR) is 77.7 cm³/mol. The van der Waals surface area contributed by atoms with Gasteiger partial charge < -0.3 is 10.5 Å².